The lowest BCUT2D eigenvalue weighted by Crippen LogP contribution is -2.52. The molecule has 3 aromatic carbocycles. The largest absolute Gasteiger partial charge is 0.354 e. The van der Waals surface area contributed by atoms with Gasteiger partial charge in [0.05, 0.1) is 10.6 Å². The van der Waals surface area contributed by atoms with Crippen molar-refractivity contribution >= 4 is 55.1 Å². The molecule has 2 amide bonds. The van der Waals surface area contributed by atoms with Crippen LogP contribution < -0.4 is 9.62 Å². The van der Waals surface area contributed by atoms with Crippen LogP contribution in [0.2, 0.25) is 5.02 Å². The molecule has 0 aliphatic carbocycles. The molecule has 0 unspecified atom stereocenters. The summed E-state index contributed by atoms with van der Waals surface area (Å²) in [6.45, 7) is 3.77. The van der Waals surface area contributed by atoms with Gasteiger partial charge in [-0.1, -0.05) is 83.8 Å². The fourth-order valence-corrected chi connectivity index (χ4v) is 5.99. The summed E-state index contributed by atoms with van der Waals surface area (Å²) >= 11 is 9.80. The van der Waals surface area contributed by atoms with Crippen molar-refractivity contribution in [2.24, 2.45) is 0 Å². The predicted molar refractivity (Wildman–Crippen MR) is 154 cm³/mol. The van der Waals surface area contributed by atoms with Crippen molar-refractivity contribution in [3.8, 4) is 0 Å². The molecular formula is C28H31BrClN3O4S. The molecule has 7 nitrogen and oxygen atoms in total. The van der Waals surface area contributed by atoms with Crippen molar-refractivity contribution < 1.29 is 18.0 Å². The summed E-state index contributed by atoms with van der Waals surface area (Å²) in [6.07, 6.45) is 1.08. The molecule has 1 N–H and O–H groups in total. The van der Waals surface area contributed by atoms with E-state index >= 15 is 0 Å². The smallest absolute Gasteiger partial charge is 0.264 e. The first-order valence-corrected chi connectivity index (χ1v) is 14.9. The van der Waals surface area contributed by atoms with Crippen LogP contribution in [0.15, 0.2) is 88.2 Å². The molecule has 0 spiro atoms. The zero-order chi connectivity index (χ0) is 27.7. The van der Waals surface area contributed by atoms with Crippen LogP contribution in [0, 0.1) is 0 Å². The van der Waals surface area contributed by atoms with Gasteiger partial charge in [-0.05, 0) is 54.8 Å². The van der Waals surface area contributed by atoms with Crippen LogP contribution in [0.25, 0.3) is 0 Å². The van der Waals surface area contributed by atoms with Gasteiger partial charge in [0.2, 0.25) is 11.8 Å². The van der Waals surface area contributed by atoms with Gasteiger partial charge in [0.15, 0.2) is 0 Å². The number of sulfonamides is 1. The minimum atomic E-state index is -4.11. The number of carbonyl (C=O) groups is 2. The molecule has 0 bridgehead atoms. The molecule has 0 saturated carbocycles. The van der Waals surface area contributed by atoms with Gasteiger partial charge in [0.25, 0.3) is 10.0 Å². The van der Waals surface area contributed by atoms with Gasteiger partial charge in [-0.2, -0.15) is 0 Å². The predicted octanol–water partition coefficient (Wildman–Crippen LogP) is 5.63. The number of nitrogens with one attached hydrogen (secondary N) is 1. The summed E-state index contributed by atoms with van der Waals surface area (Å²) in [4.78, 5) is 28.5. The Morgan fingerprint density at radius 3 is 2.29 bits per heavy atom. The highest BCUT2D eigenvalue weighted by Crippen LogP contribution is 2.27. The highest BCUT2D eigenvalue weighted by molar-refractivity contribution is 9.10. The highest BCUT2D eigenvalue weighted by Gasteiger charge is 2.33. The summed E-state index contributed by atoms with van der Waals surface area (Å²) in [7, 11) is -4.11. The Kier molecular flexibility index (Phi) is 10.8. The Bertz CT molecular complexity index is 1350. The maximum Gasteiger partial charge on any atom is 0.264 e. The topological polar surface area (TPSA) is 86.8 Å². The number of benzene rings is 3. The van der Waals surface area contributed by atoms with E-state index in [4.69, 9.17) is 11.6 Å². The first-order chi connectivity index (χ1) is 18.2. The molecule has 0 saturated heterocycles. The number of amides is 2. The third kappa shape index (κ3) is 7.36. The average molecular weight is 621 g/mol. The first-order valence-electron chi connectivity index (χ1n) is 12.3. The Hall–Kier alpha value is -2.88. The molecule has 0 radical (unpaired) electrons. The lowest BCUT2D eigenvalue weighted by atomic mass is 10.1. The fraction of sp³-hybridized carbons (Fsp3) is 0.286. The van der Waals surface area contributed by atoms with Gasteiger partial charge in [-0.3, -0.25) is 13.9 Å². The van der Waals surface area contributed by atoms with E-state index in [-0.39, 0.29) is 17.3 Å². The molecule has 202 valence electrons. The molecular weight excluding hydrogens is 590 g/mol. The second-order valence-electron chi connectivity index (χ2n) is 8.63. The number of rotatable bonds is 12. The Labute approximate surface area is 238 Å². The van der Waals surface area contributed by atoms with Gasteiger partial charge in [-0.25, -0.2) is 8.42 Å². The summed E-state index contributed by atoms with van der Waals surface area (Å²) in [5.41, 5.74) is 0.974. The number of hydrogen-bond acceptors (Lipinski definition) is 4. The zero-order valence-electron chi connectivity index (χ0n) is 21.3. The Morgan fingerprint density at radius 2 is 1.66 bits per heavy atom. The highest BCUT2D eigenvalue weighted by atomic mass is 79.9. The quantitative estimate of drug-likeness (QED) is 0.284. The summed E-state index contributed by atoms with van der Waals surface area (Å²) < 4.78 is 29.3. The molecule has 0 aliphatic rings. The van der Waals surface area contributed by atoms with Crippen LogP contribution in [0.1, 0.15) is 32.3 Å². The number of hydrogen-bond donors (Lipinski definition) is 1. The van der Waals surface area contributed by atoms with E-state index in [0.29, 0.717) is 33.7 Å². The molecule has 0 aliphatic heterocycles. The molecule has 0 heterocycles. The van der Waals surface area contributed by atoms with Crippen molar-refractivity contribution in [2.45, 2.75) is 44.2 Å². The molecule has 10 heteroatoms. The SMILES string of the molecule is CCCNC(=O)[C@H](CC)N(Cc1ccccc1Cl)C(=O)CN(c1cccc(Br)c1)S(=O)(=O)c1ccccc1. The van der Waals surface area contributed by atoms with E-state index < -0.39 is 28.5 Å². The second-order valence-corrected chi connectivity index (χ2v) is 11.8. The summed E-state index contributed by atoms with van der Waals surface area (Å²) in [6, 6.07) is 21.0. The lowest BCUT2D eigenvalue weighted by Gasteiger charge is -2.33. The molecule has 3 rings (SSSR count). The molecule has 1 atom stereocenters. The van der Waals surface area contributed by atoms with Crippen molar-refractivity contribution in [3.05, 3.63) is 93.9 Å². The van der Waals surface area contributed by atoms with E-state index in [2.05, 4.69) is 21.2 Å². The van der Waals surface area contributed by atoms with E-state index in [1.807, 2.05) is 13.8 Å². The lowest BCUT2D eigenvalue weighted by molar-refractivity contribution is -0.140. The van der Waals surface area contributed by atoms with E-state index in [1.165, 1.54) is 17.0 Å². The Balaban J connectivity index is 2.05. The average Bonchev–Trinajstić information content (AvgIpc) is 2.91. The number of anilines is 1. The minimum Gasteiger partial charge on any atom is -0.354 e. The third-order valence-corrected chi connectivity index (χ3v) is 8.59. The normalized spacial score (nSPS) is 12.0. The number of nitrogens with zero attached hydrogens (tertiary/aromatic N) is 2. The minimum absolute atomic E-state index is 0.0499. The summed E-state index contributed by atoms with van der Waals surface area (Å²) in [5.74, 6) is -0.822. The molecule has 3 aromatic rings. The second kappa shape index (κ2) is 13.8. The molecule has 38 heavy (non-hydrogen) atoms. The van der Waals surface area contributed by atoms with Crippen molar-refractivity contribution in [3.63, 3.8) is 0 Å². The van der Waals surface area contributed by atoms with Crippen LogP contribution >= 0.6 is 27.5 Å². The van der Waals surface area contributed by atoms with Crippen LogP contribution in [-0.4, -0.2) is 44.3 Å². The summed E-state index contributed by atoms with van der Waals surface area (Å²) in [5, 5.41) is 3.32. The molecule has 0 aromatic heterocycles. The number of halogens is 2. The van der Waals surface area contributed by atoms with Crippen LogP contribution in [0.3, 0.4) is 0 Å². The maximum atomic E-state index is 14.0. The van der Waals surface area contributed by atoms with Crippen LogP contribution in [0.4, 0.5) is 5.69 Å². The third-order valence-electron chi connectivity index (χ3n) is 5.94. The number of carbonyl (C=O) groups excluding carboxylic acids is 2. The van der Waals surface area contributed by atoms with Crippen LogP contribution in [-0.2, 0) is 26.2 Å². The van der Waals surface area contributed by atoms with Crippen molar-refractivity contribution in [1.29, 1.82) is 0 Å². The Morgan fingerprint density at radius 1 is 0.974 bits per heavy atom. The fourth-order valence-electron chi connectivity index (χ4n) is 3.98. The van der Waals surface area contributed by atoms with Gasteiger partial charge >= 0.3 is 0 Å². The van der Waals surface area contributed by atoms with Gasteiger partial charge < -0.3 is 10.2 Å². The van der Waals surface area contributed by atoms with Crippen molar-refractivity contribution in [1.82, 2.24) is 10.2 Å². The van der Waals surface area contributed by atoms with E-state index in [1.54, 1.807) is 66.7 Å². The van der Waals surface area contributed by atoms with Gasteiger partial charge in [0.1, 0.15) is 12.6 Å². The van der Waals surface area contributed by atoms with E-state index in [0.717, 1.165) is 10.7 Å². The zero-order valence-corrected chi connectivity index (χ0v) is 24.5. The maximum absolute atomic E-state index is 14.0. The van der Waals surface area contributed by atoms with Gasteiger partial charge in [-0.15, -0.1) is 0 Å². The first kappa shape index (κ1) is 29.7. The van der Waals surface area contributed by atoms with Crippen LogP contribution in [0.5, 0.6) is 0 Å². The van der Waals surface area contributed by atoms with Crippen molar-refractivity contribution in [2.75, 3.05) is 17.4 Å². The van der Waals surface area contributed by atoms with E-state index in [9.17, 15) is 18.0 Å². The monoisotopic (exact) mass is 619 g/mol. The van der Waals surface area contributed by atoms with Gasteiger partial charge in [0, 0.05) is 22.6 Å². The standard InChI is InChI=1S/C28H31BrClN3O4S/c1-3-17-31-28(35)26(4-2)32(19-21-11-8-9-16-25(21)30)27(34)20-33(23-13-10-12-22(29)18-23)38(36,37)24-14-6-5-7-15-24/h5-16,18,26H,3-4,17,19-20H2,1-2H3,(H,31,35)/t26-/m0/s1. The molecule has 0 fully saturated rings.